The molecule has 6 heteroatoms. The monoisotopic (exact) mass is 357 g/mol. The minimum atomic E-state index is -0.410. The van der Waals surface area contributed by atoms with Gasteiger partial charge in [0.05, 0.1) is 23.7 Å². The van der Waals surface area contributed by atoms with Crippen LogP contribution in [0.5, 0.6) is 0 Å². The van der Waals surface area contributed by atoms with Gasteiger partial charge in [-0.25, -0.2) is 0 Å². The Balaban J connectivity index is 1.83. The van der Waals surface area contributed by atoms with Crippen molar-refractivity contribution in [2.24, 2.45) is 0 Å². The normalized spacial score (nSPS) is 27.3. The van der Waals surface area contributed by atoms with Crippen LogP contribution < -0.4 is 5.32 Å². The van der Waals surface area contributed by atoms with Crippen molar-refractivity contribution >= 4 is 17.9 Å². The quantitative estimate of drug-likeness (QED) is 0.838. The van der Waals surface area contributed by atoms with Crippen LogP contribution in [0.3, 0.4) is 0 Å². The zero-order chi connectivity index (χ0) is 18.8. The van der Waals surface area contributed by atoms with E-state index < -0.39 is 5.54 Å². The molecule has 0 aromatic carbocycles. The van der Waals surface area contributed by atoms with Gasteiger partial charge in [0.15, 0.2) is 0 Å². The number of carbonyl (C=O) groups is 2. The molecule has 1 aromatic heterocycles. The molecule has 0 unspecified atom stereocenters. The molecular weight excluding hydrogens is 330 g/mol. The van der Waals surface area contributed by atoms with Crippen LogP contribution in [0.4, 0.5) is 0 Å². The second kappa shape index (κ2) is 7.19. The van der Waals surface area contributed by atoms with Crippen LogP contribution in [0.15, 0.2) is 30.6 Å². The summed E-state index contributed by atoms with van der Waals surface area (Å²) in [6.07, 6.45) is 9.35. The largest absolute Gasteiger partial charge is 0.369 e. The van der Waals surface area contributed by atoms with Gasteiger partial charge in [-0.1, -0.05) is 6.07 Å². The summed E-state index contributed by atoms with van der Waals surface area (Å²) in [5.41, 5.74) is 0.125. The highest BCUT2D eigenvalue weighted by molar-refractivity contribution is 5.92. The molecule has 0 aliphatic carbocycles. The Morgan fingerprint density at radius 1 is 1.46 bits per heavy atom. The molecule has 2 aliphatic heterocycles. The summed E-state index contributed by atoms with van der Waals surface area (Å²) < 4.78 is 6.21. The summed E-state index contributed by atoms with van der Waals surface area (Å²) in [7, 11) is 1.63. The average molecular weight is 357 g/mol. The predicted octanol–water partition coefficient (Wildman–Crippen LogP) is 2.16. The topological polar surface area (TPSA) is 71.5 Å². The van der Waals surface area contributed by atoms with Crippen molar-refractivity contribution < 1.29 is 14.3 Å². The van der Waals surface area contributed by atoms with E-state index in [1.54, 1.807) is 31.6 Å². The lowest BCUT2D eigenvalue weighted by Crippen LogP contribution is -2.53. The van der Waals surface area contributed by atoms with Gasteiger partial charge < -0.3 is 15.0 Å². The SMILES string of the molecule is CNC(=O)C[C@@H]1OC(C)(C)C[C@]12CCCN2C(=O)C=Cc1cccnc1. The molecule has 2 fully saturated rings. The molecule has 26 heavy (non-hydrogen) atoms. The highest BCUT2D eigenvalue weighted by Gasteiger charge is 2.58. The molecular formula is C20H27N3O3. The van der Waals surface area contributed by atoms with Gasteiger partial charge >= 0.3 is 0 Å². The van der Waals surface area contributed by atoms with E-state index in [9.17, 15) is 9.59 Å². The third-order valence-electron chi connectivity index (χ3n) is 5.34. The molecule has 0 bridgehead atoms. The van der Waals surface area contributed by atoms with Gasteiger partial charge in [0, 0.05) is 38.5 Å². The van der Waals surface area contributed by atoms with Crippen LogP contribution in [-0.2, 0) is 14.3 Å². The number of hydrogen-bond donors (Lipinski definition) is 1. The maximum atomic E-state index is 13.0. The van der Waals surface area contributed by atoms with Crippen molar-refractivity contribution in [2.75, 3.05) is 13.6 Å². The lowest BCUT2D eigenvalue weighted by molar-refractivity contribution is -0.136. The number of nitrogens with one attached hydrogen (secondary N) is 1. The fraction of sp³-hybridized carbons (Fsp3) is 0.550. The Bertz CT molecular complexity index is 702. The number of ether oxygens (including phenoxy) is 1. The first kappa shape index (κ1) is 18.6. The smallest absolute Gasteiger partial charge is 0.247 e. The van der Waals surface area contributed by atoms with Gasteiger partial charge in [-0.05, 0) is 44.4 Å². The Morgan fingerprint density at radius 3 is 2.96 bits per heavy atom. The summed E-state index contributed by atoms with van der Waals surface area (Å²) in [6.45, 7) is 4.76. The van der Waals surface area contributed by atoms with Gasteiger partial charge in [0.25, 0.3) is 0 Å². The number of likely N-dealkylation sites (tertiary alicyclic amines) is 1. The second-order valence-electron chi connectivity index (χ2n) is 7.74. The second-order valence-corrected chi connectivity index (χ2v) is 7.74. The molecule has 2 aliphatic rings. The summed E-state index contributed by atoms with van der Waals surface area (Å²) in [4.78, 5) is 30.9. The van der Waals surface area contributed by atoms with E-state index in [2.05, 4.69) is 10.3 Å². The fourth-order valence-electron chi connectivity index (χ4n) is 4.37. The third kappa shape index (κ3) is 3.65. The maximum absolute atomic E-state index is 13.0. The fourth-order valence-corrected chi connectivity index (χ4v) is 4.37. The maximum Gasteiger partial charge on any atom is 0.247 e. The number of carbonyl (C=O) groups excluding carboxylic acids is 2. The van der Waals surface area contributed by atoms with E-state index in [0.717, 1.165) is 24.8 Å². The highest BCUT2D eigenvalue weighted by Crippen LogP contribution is 2.48. The Hall–Kier alpha value is -2.21. The first-order chi connectivity index (χ1) is 12.4. The first-order valence-corrected chi connectivity index (χ1v) is 9.14. The molecule has 0 saturated carbocycles. The summed E-state index contributed by atoms with van der Waals surface area (Å²) >= 11 is 0. The van der Waals surface area contributed by atoms with Crippen molar-refractivity contribution in [1.29, 1.82) is 0 Å². The Morgan fingerprint density at radius 2 is 2.27 bits per heavy atom. The molecule has 6 nitrogen and oxygen atoms in total. The standard InChI is InChI=1S/C20H27N3O3/c1-19(2)14-20(16(26-19)12-17(24)21-3)9-5-11-23(20)18(25)8-7-15-6-4-10-22-13-15/h4,6-8,10,13,16H,5,9,11-12,14H2,1-3H3,(H,21,24)/t16-,20+/m0/s1. The summed E-state index contributed by atoms with van der Waals surface area (Å²) in [5.74, 6) is -0.0909. The van der Waals surface area contributed by atoms with Gasteiger partial charge in [0.1, 0.15) is 0 Å². The number of hydrogen-bond acceptors (Lipinski definition) is 4. The summed E-state index contributed by atoms with van der Waals surface area (Å²) in [6, 6.07) is 3.75. The summed E-state index contributed by atoms with van der Waals surface area (Å²) in [5, 5.41) is 2.67. The van der Waals surface area contributed by atoms with Crippen LogP contribution in [0.2, 0.25) is 0 Å². The van der Waals surface area contributed by atoms with Gasteiger partial charge in [0.2, 0.25) is 11.8 Å². The molecule has 3 rings (SSSR count). The lowest BCUT2D eigenvalue weighted by Gasteiger charge is -2.38. The Labute approximate surface area is 154 Å². The average Bonchev–Trinajstić information content (AvgIpc) is 3.14. The van der Waals surface area contributed by atoms with Crippen LogP contribution in [-0.4, -0.2) is 52.5 Å². The van der Waals surface area contributed by atoms with E-state index in [4.69, 9.17) is 4.74 Å². The number of pyridine rings is 1. The zero-order valence-corrected chi connectivity index (χ0v) is 15.7. The van der Waals surface area contributed by atoms with Crippen molar-refractivity contribution in [3.05, 3.63) is 36.2 Å². The molecule has 1 spiro atoms. The minimum Gasteiger partial charge on any atom is -0.369 e. The lowest BCUT2D eigenvalue weighted by atomic mass is 9.82. The van der Waals surface area contributed by atoms with E-state index in [-0.39, 0.29) is 29.9 Å². The minimum absolute atomic E-state index is 0.0328. The molecule has 140 valence electrons. The van der Waals surface area contributed by atoms with E-state index >= 15 is 0 Å². The Kier molecular flexibility index (Phi) is 5.14. The van der Waals surface area contributed by atoms with Gasteiger partial charge in [-0.15, -0.1) is 0 Å². The van der Waals surface area contributed by atoms with Gasteiger partial charge in [-0.2, -0.15) is 0 Å². The number of nitrogens with zero attached hydrogens (tertiary/aromatic N) is 2. The van der Waals surface area contributed by atoms with Crippen LogP contribution >= 0.6 is 0 Å². The molecule has 2 saturated heterocycles. The predicted molar refractivity (Wildman–Crippen MR) is 99.2 cm³/mol. The third-order valence-corrected chi connectivity index (χ3v) is 5.34. The first-order valence-electron chi connectivity index (χ1n) is 9.14. The molecule has 3 heterocycles. The van der Waals surface area contributed by atoms with Crippen molar-refractivity contribution in [1.82, 2.24) is 15.2 Å². The number of amides is 2. The van der Waals surface area contributed by atoms with E-state index in [0.29, 0.717) is 6.54 Å². The van der Waals surface area contributed by atoms with Crippen LogP contribution in [0, 0.1) is 0 Å². The van der Waals surface area contributed by atoms with E-state index in [1.165, 1.54) is 0 Å². The van der Waals surface area contributed by atoms with Crippen molar-refractivity contribution in [2.45, 2.75) is 56.8 Å². The van der Waals surface area contributed by atoms with Gasteiger partial charge in [-0.3, -0.25) is 14.6 Å². The van der Waals surface area contributed by atoms with Crippen molar-refractivity contribution in [3.63, 3.8) is 0 Å². The van der Waals surface area contributed by atoms with Crippen molar-refractivity contribution in [3.8, 4) is 0 Å². The highest BCUT2D eigenvalue weighted by atomic mass is 16.5. The number of aromatic nitrogens is 1. The molecule has 2 amide bonds. The molecule has 1 N–H and O–H groups in total. The molecule has 0 radical (unpaired) electrons. The zero-order valence-electron chi connectivity index (χ0n) is 15.7. The van der Waals surface area contributed by atoms with Crippen LogP contribution in [0.25, 0.3) is 6.08 Å². The molecule has 2 atom stereocenters. The van der Waals surface area contributed by atoms with Crippen LogP contribution in [0.1, 0.15) is 45.1 Å². The molecule has 1 aromatic rings. The van der Waals surface area contributed by atoms with E-state index in [1.807, 2.05) is 30.9 Å². The number of rotatable bonds is 4.